The largest absolute Gasteiger partial charge is 0.361 e. The fourth-order valence-corrected chi connectivity index (χ4v) is 5.11. The maximum absolute atomic E-state index is 11.8. The molecule has 0 amide bonds. The van der Waals surface area contributed by atoms with E-state index in [0.717, 1.165) is 43.1 Å². The summed E-state index contributed by atoms with van der Waals surface area (Å²) in [7, 11) is -0.251. The van der Waals surface area contributed by atoms with Crippen LogP contribution < -0.4 is 10.6 Å². The van der Waals surface area contributed by atoms with Gasteiger partial charge in [-0.25, -0.2) is 4.99 Å². The van der Waals surface area contributed by atoms with E-state index in [1.807, 2.05) is 19.3 Å². The first kappa shape index (κ1) is 20.7. The topological polar surface area (TPSA) is 72.3 Å². The monoisotopic (exact) mass is 378 g/mol. The van der Waals surface area contributed by atoms with Gasteiger partial charge in [0.05, 0.1) is 0 Å². The van der Waals surface area contributed by atoms with Crippen LogP contribution >= 0.6 is 0 Å². The molecule has 5 nitrogen and oxygen atoms in total. The molecule has 0 aliphatic heterocycles. The molecule has 0 spiro atoms. The highest BCUT2D eigenvalue weighted by atomic mass is 32.2. The SMILES string of the molecule is CC=N/C(=c1/cc[nH]/c1=C(\C)CC)N(C)C1CCC(CS(C)(=N)=O)CC1. The van der Waals surface area contributed by atoms with Crippen LogP contribution in [0.5, 0.6) is 0 Å². The Labute approximate surface area is 158 Å². The van der Waals surface area contributed by atoms with Crippen molar-refractivity contribution in [2.75, 3.05) is 19.1 Å². The number of hydrogen-bond donors (Lipinski definition) is 2. The zero-order chi connectivity index (χ0) is 19.3. The Balaban J connectivity index is 2.28. The van der Waals surface area contributed by atoms with Crippen LogP contribution in [0.3, 0.4) is 0 Å². The summed E-state index contributed by atoms with van der Waals surface area (Å²) < 4.78 is 19.5. The highest BCUT2D eigenvalue weighted by molar-refractivity contribution is 7.91. The highest BCUT2D eigenvalue weighted by Gasteiger charge is 2.26. The first-order valence-corrected chi connectivity index (χ1v) is 11.7. The number of aromatic nitrogens is 1. The van der Waals surface area contributed by atoms with Crippen molar-refractivity contribution in [2.45, 2.75) is 58.9 Å². The lowest BCUT2D eigenvalue weighted by molar-refractivity contribution is 0.228. The third-order valence-electron chi connectivity index (χ3n) is 5.45. The molecule has 2 N–H and O–H groups in total. The molecule has 0 radical (unpaired) electrons. The number of nitrogens with one attached hydrogen (secondary N) is 2. The van der Waals surface area contributed by atoms with Crippen LogP contribution in [0.1, 0.15) is 52.9 Å². The number of hydrogen-bond acceptors (Lipinski definition) is 4. The van der Waals surface area contributed by atoms with Gasteiger partial charge < -0.3 is 9.88 Å². The van der Waals surface area contributed by atoms with Gasteiger partial charge in [-0.15, -0.1) is 0 Å². The van der Waals surface area contributed by atoms with E-state index in [-0.39, 0.29) is 0 Å². The minimum atomic E-state index is -2.39. The van der Waals surface area contributed by atoms with Gasteiger partial charge in [-0.1, -0.05) is 6.92 Å². The molecule has 0 aromatic carbocycles. The Hall–Kier alpha value is -1.56. The van der Waals surface area contributed by atoms with E-state index in [9.17, 15) is 4.21 Å². The molecule has 1 atom stereocenters. The molecule has 0 bridgehead atoms. The molecule has 2 rings (SSSR count). The second-order valence-corrected chi connectivity index (χ2v) is 9.91. The predicted molar refractivity (Wildman–Crippen MR) is 112 cm³/mol. The Bertz CT molecular complexity index is 843. The van der Waals surface area contributed by atoms with E-state index < -0.39 is 9.73 Å². The van der Waals surface area contributed by atoms with E-state index in [2.05, 4.69) is 36.8 Å². The van der Waals surface area contributed by atoms with Crippen LogP contribution in [0.15, 0.2) is 17.3 Å². The predicted octanol–water partition coefficient (Wildman–Crippen LogP) is 2.92. The summed E-state index contributed by atoms with van der Waals surface area (Å²) in [6.07, 6.45) is 10.6. The molecule has 1 saturated carbocycles. The first-order chi connectivity index (χ1) is 12.3. The van der Waals surface area contributed by atoms with Gasteiger partial charge in [0.25, 0.3) is 0 Å². The van der Waals surface area contributed by atoms with Gasteiger partial charge in [-0.2, -0.15) is 0 Å². The summed E-state index contributed by atoms with van der Waals surface area (Å²) in [5.41, 5.74) is 1.33. The van der Waals surface area contributed by atoms with Gasteiger partial charge in [-0.3, -0.25) is 8.99 Å². The molecular formula is C20H34N4OS. The van der Waals surface area contributed by atoms with Crippen molar-refractivity contribution in [3.05, 3.63) is 22.8 Å². The van der Waals surface area contributed by atoms with E-state index in [0.29, 0.717) is 17.7 Å². The van der Waals surface area contributed by atoms with Crippen LogP contribution in [0.25, 0.3) is 11.4 Å². The van der Waals surface area contributed by atoms with Crippen molar-refractivity contribution in [2.24, 2.45) is 10.9 Å². The maximum Gasteiger partial charge on any atom is 0.137 e. The number of nitrogens with zero attached hydrogens (tertiary/aromatic N) is 2. The van der Waals surface area contributed by atoms with Crippen LogP contribution in [0.4, 0.5) is 0 Å². The number of aliphatic imine (C=N–C) groups is 1. The van der Waals surface area contributed by atoms with E-state index in [4.69, 9.17) is 9.77 Å². The third-order valence-corrected chi connectivity index (χ3v) is 6.56. The second-order valence-electron chi connectivity index (χ2n) is 7.57. The van der Waals surface area contributed by atoms with E-state index in [1.54, 1.807) is 6.26 Å². The van der Waals surface area contributed by atoms with Gasteiger partial charge in [0.1, 0.15) is 5.82 Å². The van der Waals surface area contributed by atoms with Crippen molar-refractivity contribution < 1.29 is 4.21 Å². The van der Waals surface area contributed by atoms with Crippen molar-refractivity contribution in [1.82, 2.24) is 9.88 Å². The standard InChI is InChI=1S/C20H34N4OS/c1-6-15(3)19-18(12-13-23-19)20(22-7-2)24(4)17-10-8-16(9-11-17)14-26(5,21)25/h7,12-13,16-17,21,23H,6,8-11,14H2,1-5H3/b19-15+,20-18+,22-7?. The molecule has 1 unspecified atom stereocenters. The van der Waals surface area contributed by atoms with Gasteiger partial charge in [-0.05, 0) is 63.5 Å². The molecule has 1 aromatic heterocycles. The Morgan fingerprint density at radius 3 is 2.62 bits per heavy atom. The molecule has 1 aliphatic carbocycles. The van der Waals surface area contributed by atoms with Gasteiger partial charge in [0.2, 0.25) is 0 Å². The zero-order valence-corrected chi connectivity index (χ0v) is 17.7. The van der Waals surface area contributed by atoms with Crippen molar-refractivity contribution in [1.29, 1.82) is 4.78 Å². The van der Waals surface area contributed by atoms with Crippen LogP contribution in [0.2, 0.25) is 0 Å². The summed E-state index contributed by atoms with van der Waals surface area (Å²) >= 11 is 0. The number of H-pyrrole nitrogens is 1. The van der Waals surface area contributed by atoms with Crippen molar-refractivity contribution in [3.8, 4) is 0 Å². The summed E-state index contributed by atoms with van der Waals surface area (Å²) in [6.45, 7) is 6.29. The first-order valence-electron chi connectivity index (χ1n) is 9.57. The van der Waals surface area contributed by atoms with E-state index >= 15 is 0 Å². The average molecular weight is 379 g/mol. The van der Waals surface area contributed by atoms with Gasteiger partial charge >= 0.3 is 0 Å². The minimum absolute atomic E-state index is 0.422. The quantitative estimate of drug-likeness (QED) is 0.747. The second kappa shape index (κ2) is 8.89. The summed E-state index contributed by atoms with van der Waals surface area (Å²) in [5.74, 6) is 1.98. The molecule has 1 aromatic rings. The maximum atomic E-state index is 11.8. The Morgan fingerprint density at radius 1 is 1.42 bits per heavy atom. The summed E-state index contributed by atoms with van der Waals surface area (Å²) in [4.78, 5) is 10.4. The van der Waals surface area contributed by atoms with E-state index in [1.165, 1.54) is 10.9 Å². The number of rotatable bonds is 6. The van der Waals surface area contributed by atoms with Crippen molar-refractivity contribution in [3.63, 3.8) is 0 Å². The Kier molecular flexibility index (Phi) is 7.09. The third kappa shape index (κ3) is 5.22. The molecule has 1 aliphatic rings. The molecule has 1 fully saturated rings. The van der Waals surface area contributed by atoms with Gasteiger partial charge in [0, 0.05) is 57.8 Å². The fourth-order valence-electron chi connectivity index (χ4n) is 3.88. The lowest BCUT2D eigenvalue weighted by atomic mass is 9.86. The smallest absolute Gasteiger partial charge is 0.137 e. The van der Waals surface area contributed by atoms with Crippen LogP contribution in [0, 0.1) is 10.7 Å². The lowest BCUT2D eigenvalue weighted by Crippen LogP contribution is -2.39. The zero-order valence-electron chi connectivity index (χ0n) is 16.8. The summed E-state index contributed by atoms with van der Waals surface area (Å²) in [5, 5.41) is 2.34. The molecule has 1 heterocycles. The highest BCUT2D eigenvalue weighted by Crippen LogP contribution is 2.29. The molecular weight excluding hydrogens is 344 g/mol. The normalized spacial score (nSPS) is 25.7. The fraction of sp³-hybridized carbons (Fsp3) is 0.650. The van der Waals surface area contributed by atoms with Crippen LogP contribution in [-0.2, 0) is 9.73 Å². The number of aromatic amines is 1. The molecule has 0 saturated heterocycles. The minimum Gasteiger partial charge on any atom is -0.361 e. The molecule has 26 heavy (non-hydrogen) atoms. The summed E-state index contributed by atoms with van der Waals surface area (Å²) in [6, 6.07) is 2.55. The molecule has 6 heteroatoms. The van der Waals surface area contributed by atoms with Gasteiger partial charge in [0.15, 0.2) is 0 Å². The average Bonchev–Trinajstić information content (AvgIpc) is 3.07. The van der Waals surface area contributed by atoms with Crippen molar-refractivity contribution >= 4 is 27.3 Å². The van der Waals surface area contributed by atoms with Crippen LogP contribution in [-0.4, -0.2) is 45.4 Å². The molecule has 146 valence electrons. The Morgan fingerprint density at radius 2 is 2.08 bits per heavy atom. The lowest BCUT2D eigenvalue weighted by Gasteiger charge is -2.36.